The van der Waals surface area contributed by atoms with Crippen molar-refractivity contribution in [3.05, 3.63) is 0 Å². The third-order valence-electron chi connectivity index (χ3n) is 7.96. The lowest BCUT2D eigenvalue weighted by Gasteiger charge is -2.45. The third-order valence-corrected chi connectivity index (χ3v) is 7.96. The Bertz CT molecular complexity index is 826. The Hall–Kier alpha value is -0.880. The fourth-order valence-corrected chi connectivity index (χ4v) is 5.14. The van der Waals surface area contributed by atoms with Crippen molar-refractivity contribution in [1.29, 1.82) is 0 Å². The first-order chi connectivity index (χ1) is 21.6. The molecule has 16 N–H and O–H groups in total. The van der Waals surface area contributed by atoms with E-state index in [1.54, 1.807) is 0 Å². The highest BCUT2D eigenvalue weighted by atomic mass is 16.7. The molecular formula is C24H44O22. The lowest BCUT2D eigenvalue weighted by atomic mass is 9.97. The van der Waals surface area contributed by atoms with Crippen LogP contribution in [0.1, 0.15) is 0 Å². The summed E-state index contributed by atoms with van der Waals surface area (Å²) in [7, 11) is 0. The smallest absolute Gasteiger partial charge is 0.187 e. The van der Waals surface area contributed by atoms with Crippen LogP contribution >= 0.6 is 0 Å². The zero-order valence-corrected chi connectivity index (χ0v) is 24.0. The molecule has 4 aliphatic heterocycles. The van der Waals surface area contributed by atoms with Crippen LogP contribution in [0.3, 0.4) is 0 Å². The highest BCUT2D eigenvalue weighted by Gasteiger charge is 2.51. The zero-order chi connectivity index (χ0) is 34.6. The molecule has 4 saturated heterocycles. The number of ether oxygens (including phenoxy) is 6. The monoisotopic (exact) mass is 684 g/mol. The maximum absolute atomic E-state index is 9.94. The van der Waals surface area contributed by atoms with Crippen LogP contribution in [0.5, 0.6) is 0 Å². The van der Waals surface area contributed by atoms with Gasteiger partial charge in [0.2, 0.25) is 0 Å². The van der Waals surface area contributed by atoms with Gasteiger partial charge in [-0.1, -0.05) is 0 Å². The van der Waals surface area contributed by atoms with E-state index in [4.69, 9.17) is 38.6 Å². The summed E-state index contributed by atoms with van der Waals surface area (Å²) in [5.74, 6) is 0. The van der Waals surface area contributed by atoms with E-state index in [0.29, 0.717) is 0 Å². The van der Waals surface area contributed by atoms with Crippen molar-refractivity contribution in [3.63, 3.8) is 0 Å². The SMILES string of the molecule is OC[C@H]1O[C@H](O)[C@H](O)[C@@H](O)C1O[C@@H]1O[C@H](CO)[C@H](O)[C@H](O)[C@H]1O.OC[C@H]1O[C@H](O)[C@H](O)[C@@H](O)C1O[C@@H]1O[C@H](CO)[C@H](O)[C@H](O)[C@H]1O. The van der Waals surface area contributed by atoms with Crippen molar-refractivity contribution in [2.24, 2.45) is 0 Å². The van der Waals surface area contributed by atoms with Crippen LogP contribution in [0.25, 0.3) is 0 Å². The van der Waals surface area contributed by atoms with Crippen molar-refractivity contribution in [2.45, 2.75) is 123 Å². The number of aliphatic hydroxyl groups excluding tert-OH is 16. The van der Waals surface area contributed by atoms with Crippen LogP contribution in [0.15, 0.2) is 0 Å². The molecule has 0 aromatic rings. The minimum absolute atomic E-state index is 0.667. The Morgan fingerprint density at radius 1 is 0.326 bits per heavy atom. The molecule has 0 radical (unpaired) electrons. The molecule has 0 aromatic carbocycles. The van der Waals surface area contributed by atoms with Gasteiger partial charge in [0.15, 0.2) is 25.2 Å². The van der Waals surface area contributed by atoms with Gasteiger partial charge in [-0.05, 0) is 0 Å². The van der Waals surface area contributed by atoms with E-state index in [0.717, 1.165) is 0 Å². The lowest BCUT2D eigenvalue weighted by molar-refractivity contribution is -0.355. The van der Waals surface area contributed by atoms with E-state index in [2.05, 4.69) is 0 Å². The van der Waals surface area contributed by atoms with Crippen LogP contribution in [0.4, 0.5) is 0 Å². The molecule has 0 aromatic heterocycles. The molecule has 4 fully saturated rings. The second-order valence-electron chi connectivity index (χ2n) is 11.1. The van der Waals surface area contributed by atoms with Gasteiger partial charge in [0.1, 0.15) is 97.7 Å². The average Bonchev–Trinajstić information content (AvgIpc) is 3.05. The van der Waals surface area contributed by atoms with Gasteiger partial charge >= 0.3 is 0 Å². The summed E-state index contributed by atoms with van der Waals surface area (Å²) in [6.07, 6.45) is -31.1. The molecule has 272 valence electrons. The first kappa shape index (κ1) is 39.6. The Labute approximate surface area is 260 Å². The van der Waals surface area contributed by atoms with Gasteiger partial charge in [0, 0.05) is 0 Å². The molecule has 4 rings (SSSR count). The molecule has 0 aliphatic carbocycles. The molecule has 4 aliphatic rings. The van der Waals surface area contributed by atoms with Crippen molar-refractivity contribution >= 4 is 0 Å². The van der Waals surface area contributed by atoms with Crippen molar-refractivity contribution in [2.75, 3.05) is 26.4 Å². The fraction of sp³-hybridized carbons (Fsp3) is 1.00. The molecule has 0 spiro atoms. The molecular weight excluding hydrogens is 640 g/mol. The summed E-state index contributed by atoms with van der Waals surface area (Å²) < 4.78 is 30.5. The van der Waals surface area contributed by atoms with E-state index in [1.165, 1.54) is 0 Å². The van der Waals surface area contributed by atoms with Crippen LogP contribution in [-0.4, -0.2) is 231 Å². The number of hydrogen-bond acceptors (Lipinski definition) is 22. The summed E-state index contributed by atoms with van der Waals surface area (Å²) in [5.41, 5.74) is 0. The first-order valence-electron chi connectivity index (χ1n) is 14.2. The normalized spacial score (nSPS) is 51.7. The van der Waals surface area contributed by atoms with E-state index < -0.39 is 149 Å². The molecule has 20 atom stereocenters. The number of rotatable bonds is 8. The van der Waals surface area contributed by atoms with Crippen LogP contribution in [0.2, 0.25) is 0 Å². The predicted molar refractivity (Wildman–Crippen MR) is 137 cm³/mol. The van der Waals surface area contributed by atoms with Gasteiger partial charge in [0.25, 0.3) is 0 Å². The summed E-state index contributed by atoms with van der Waals surface area (Å²) in [6.45, 7) is -2.69. The molecule has 0 amide bonds. The summed E-state index contributed by atoms with van der Waals surface area (Å²) in [5, 5.41) is 153. The Morgan fingerprint density at radius 3 is 0.913 bits per heavy atom. The minimum Gasteiger partial charge on any atom is -0.394 e. The topological polar surface area (TPSA) is 379 Å². The Kier molecular flexibility index (Phi) is 14.8. The third kappa shape index (κ3) is 8.45. The quantitative estimate of drug-likeness (QED) is 0.113. The molecule has 2 unspecified atom stereocenters. The summed E-state index contributed by atoms with van der Waals surface area (Å²) in [4.78, 5) is 0. The standard InChI is InChI=1S/2C12H22O11/c2*13-1-3-5(15)6(16)9(19)12(22-3)23-10-4(2-14)21-11(20)8(18)7(10)17/h2*3-20H,1-2H2/t2*3-,4-,5+,6+,7-,8-,9-,10?,11+,12+/m11/s1. The van der Waals surface area contributed by atoms with Crippen LogP contribution < -0.4 is 0 Å². The highest BCUT2D eigenvalue weighted by molar-refractivity contribution is 4.95. The molecule has 4 heterocycles. The second kappa shape index (κ2) is 17.2. The van der Waals surface area contributed by atoms with E-state index in [9.17, 15) is 71.5 Å². The van der Waals surface area contributed by atoms with Gasteiger partial charge < -0.3 is 110 Å². The highest BCUT2D eigenvalue weighted by Crippen LogP contribution is 2.30. The van der Waals surface area contributed by atoms with Gasteiger partial charge in [0.05, 0.1) is 26.4 Å². The average molecular weight is 685 g/mol. The van der Waals surface area contributed by atoms with E-state index >= 15 is 0 Å². The van der Waals surface area contributed by atoms with Crippen molar-refractivity contribution < 1.29 is 110 Å². The number of hydrogen-bond donors (Lipinski definition) is 16. The summed E-state index contributed by atoms with van der Waals surface area (Å²) >= 11 is 0. The minimum atomic E-state index is -1.74. The van der Waals surface area contributed by atoms with Crippen molar-refractivity contribution in [1.82, 2.24) is 0 Å². The van der Waals surface area contributed by atoms with Crippen LogP contribution in [0, 0.1) is 0 Å². The fourth-order valence-electron chi connectivity index (χ4n) is 5.14. The van der Waals surface area contributed by atoms with Gasteiger partial charge in [-0.3, -0.25) is 0 Å². The zero-order valence-electron chi connectivity index (χ0n) is 24.0. The van der Waals surface area contributed by atoms with Crippen LogP contribution in [-0.2, 0) is 28.4 Å². The molecule has 22 heteroatoms. The van der Waals surface area contributed by atoms with Gasteiger partial charge in [-0.25, -0.2) is 0 Å². The lowest BCUT2D eigenvalue weighted by Crippen LogP contribution is -2.64. The first-order valence-corrected chi connectivity index (χ1v) is 14.2. The predicted octanol–water partition coefficient (Wildman–Crippen LogP) is -10.8. The summed E-state index contributed by atoms with van der Waals surface area (Å²) in [6, 6.07) is 0. The van der Waals surface area contributed by atoms with Gasteiger partial charge in [-0.15, -0.1) is 0 Å². The number of aliphatic hydroxyl groups is 16. The van der Waals surface area contributed by atoms with E-state index in [1.807, 2.05) is 0 Å². The Morgan fingerprint density at radius 2 is 0.630 bits per heavy atom. The van der Waals surface area contributed by atoms with Crippen molar-refractivity contribution in [3.8, 4) is 0 Å². The second-order valence-corrected chi connectivity index (χ2v) is 11.1. The maximum Gasteiger partial charge on any atom is 0.187 e. The molecule has 46 heavy (non-hydrogen) atoms. The largest absolute Gasteiger partial charge is 0.394 e. The molecule has 22 nitrogen and oxygen atoms in total. The Balaban J connectivity index is 0.000000250. The molecule has 0 bridgehead atoms. The van der Waals surface area contributed by atoms with E-state index in [-0.39, 0.29) is 0 Å². The van der Waals surface area contributed by atoms with Gasteiger partial charge in [-0.2, -0.15) is 0 Å². The maximum atomic E-state index is 9.94. The molecule has 0 saturated carbocycles.